The van der Waals surface area contributed by atoms with E-state index in [1.165, 1.54) is 17.5 Å². The molecule has 26 heavy (non-hydrogen) atoms. The summed E-state index contributed by atoms with van der Waals surface area (Å²) in [7, 11) is -3.78. The Hall–Kier alpha value is -1.11. The molecule has 0 unspecified atom stereocenters. The standard InChI is InChI=1S/C20H30N2O3S/c1-18(2)15-10-13-6-7-17-19(3,12-21)8-5-9-20(17,4)14(13)11-16(15)25-26(23,24)22-18/h10-11,17,22H,5-9,12,21H2,1-4H3/t17-,19-,20+/m0/s1. The van der Waals surface area contributed by atoms with E-state index in [0.717, 1.165) is 31.2 Å². The first-order valence-corrected chi connectivity index (χ1v) is 11.0. The van der Waals surface area contributed by atoms with Gasteiger partial charge in [-0.1, -0.05) is 20.3 Å². The number of aryl methyl sites for hydroxylation is 1. The van der Waals surface area contributed by atoms with Crippen LogP contribution >= 0.6 is 0 Å². The number of hydrogen-bond acceptors (Lipinski definition) is 4. The fraction of sp³-hybridized carbons (Fsp3) is 0.700. The first-order chi connectivity index (χ1) is 12.0. The third-order valence-electron chi connectivity index (χ3n) is 7.30. The summed E-state index contributed by atoms with van der Waals surface area (Å²) in [6, 6.07) is 4.18. The molecule has 1 aliphatic heterocycles. The van der Waals surface area contributed by atoms with Crippen molar-refractivity contribution in [1.29, 1.82) is 0 Å². The predicted molar refractivity (Wildman–Crippen MR) is 102 cm³/mol. The second kappa shape index (κ2) is 5.46. The molecular weight excluding hydrogens is 348 g/mol. The van der Waals surface area contributed by atoms with Crippen LogP contribution < -0.4 is 14.6 Å². The highest BCUT2D eigenvalue weighted by Gasteiger charge is 2.52. The van der Waals surface area contributed by atoms with Gasteiger partial charge in [0.25, 0.3) is 0 Å². The Kier molecular flexibility index (Phi) is 3.83. The monoisotopic (exact) mass is 378 g/mol. The molecule has 1 fully saturated rings. The summed E-state index contributed by atoms with van der Waals surface area (Å²) in [6.07, 6.45) is 5.60. The molecule has 1 saturated carbocycles. The zero-order valence-electron chi connectivity index (χ0n) is 16.2. The van der Waals surface area contributed by atoms with Gasteiger partial charge in [0.1, 0.15) is 5.75 Å². The molecule has 0 spiro atoms. The zero-order chi connectivity index (χ0) is 19.0. The number of benzene rings is 1. The minimum atomic E-state index is -3.78. The van der Waals surface area contributed by atoms with Gasteiger partial charge >= 0.3 is 10.3 Å². The molecule has 3 aliphatic rings. The van der Waals surface area contributed by atoms with Gasteiger partial charge in [-0.05, 0) is 86.1 Å². The molecule has 0 bridgehead atoms. The highest BCUT2D eigenvalue weighted by Crippen LogP contribution is 2.58. The van der Waals surface area contributed by atoms with Crippen molar-refractivity contribution in [2.75, 3.05) is 6.54 Å². The Labute approximate surface area is 156 Å². The molecule has 2 aliphatic carbocycles. The van der Waals surface area contributed by atoms with Gasteiger partial charge in [-0.2, -0.15) is 13.1 Å². The van der Waals surface area contributed by atoms with Crippen LogP contribution in [0.5, 0.6) is 5.75 Å². The summed E-state index contributed by atoms with van der Waals surface area (Å²) in [5.74, 6) is 1.00. The first kappa shape index (κ1) is 18.3. The van der Waals surface area contributed by atoms with Gasteiger partial charge in [-0.15, -0.1) is 0 Å². The third kappa shape index (κ3) is 2.53. The van der Waals surface area contributed by atoms with Gasteiger partial charge in [0.2, 0.25) is 0 Å². The quantitative estimate of drug-likeness (QED) is 0.787. The molecule has 1 heterocycles. The fourth-order valence-electron chi connectivity index (χ4n) is 5.94. The number of hydrogen-bond donors (Lipinski definition) is 2. The SMILES string of the molecule is CC1(C)NS(=O)(=O)Oc2cc3c(cc21)CC[C@H]1[C@](C)(CN)CCC[C@]31C. The number of nitrogens with two attached hydrogens (primary N) is 1. The van der Waals surface area contributed by atoms with Crippen LogP contribution in [0.25, 0.3) is 0 Å². The highest BCUT2D eigenvalue weighted by atomic mass is 32.2. The number of fused-ring (bicyclic) bond motifs is 4. The van der Waals surface area contributed by atoms with Crippen LogP contribution in [0.1, 0.15) is 70.1 Å². The zero-order valence-corrected chi connectivity index (χ0v) is 17.0. The average molecular weight is 379 g/mol. The molecule has 3 atom stereocenters. The lowest BCUT2D eigenvalue weighted by atomic mass is 9.49. The molecule has 0 amide bonds. The maximum Gasteiger partial charge on any atom is 0.383 e. The van der Waals surface area contributed by atoms with Crippen LogP contribution in [0, 0.1) is 11.3 Å². The number of rotatable bonds is 1. The van der Waals surface area contributed by atoms with E-state index in [1.807, 2.05) is 19.9 Å². The Morgan fingerprint density at radius 3 is 2.62 bits per heavy atom. The Morgan fingerprint density at radius 1 is 1.19 bits per heavy atom. The van der Waals surface area contributed by atoms with Crippen molar-refractivity contribution in [3.05, 3.63) is 28.8 Å². The second-order valence-corrected chi connectivity index (χ2v) is 10.8. The smallest absolute Gasteiger partial charge is 0.371 e. The van der Waals surface area contributed by atoms with Crippen molar-refractivity contribution < 1.29 is 12.6 Å². The highest BCUT2D eigenvalue weighted by molar-refractivity contribution is 7.85. The van der Waals surface area contributed by atoms with Gasteiger partial charge in [-0.3, -0.25) is 0 Å². The largest absolute Gasteiger partial charge is 0.383 e. The van der Waals surface area contributed by atoms with Crippen LogP contribution in [0.2, 0.25) is 0 Å². The second-order valence-electron chi connectivity index (χ2n) is 9.49. The molecule has 0 saturated heterocycles. The lowest BCUT2D eigenvalue weighted by Gasteiger charge is -2.55. The van der Waals surface area contributed by atoms with Crippen LogP contribution in [0.4, 0.5) is 0 Å². The average Bonchev–Trinajstić information content (AvgIpc) is 2.52. The number of nitrogens with one attached hydrogen (secondary N) is 1. The molecule has 1 aromatic carbocycles. The molecule has 0 radical (unpaired) electrons. The van der Waals surface area contributed by atoms with E-state index in [1.54, 1.807) is 0 Å². The maximum absolute atomic E-state index is 12.2. The van der Waals surface area contributed by atoms with Crippen molar-refractivity contribution in [1.82, 2.24) is 4.72 Å². The van der Waals surface area contributed by atoms with E-state index in [-0.39, 0.29) is 10.8 Å². The van der Waals surface area contributed by atoms with Gasteiger partial charge < -0.3 is 9.92 Å². The minimum absolute atomic E-state index is 0.0249. The van der Waals surface area contributed by atoms with E-state index < -0.39 is 15.8 Å². The fourth-order valence-corrected chi connectivity index (χ4v) is 7.09. The van der Waals surface area contributed by atoms with E-state index in [0.29, 0.717) is 18.2 Å². The Balaban J connectivity index is 1.88. The van der Waals surface area contributed by atoms with Gasteiger partial charge in [0, 0.05) is 5.56 Å². The molecule has 4 rings (SSSR count). The van der Waals surface area contributed by atoms with Crippen molar-refractivity contribution in [2.45, 2.75) is 70.8 Å². The van der Waals surface area contributed by atoms with Crippen molar-refractivity contribution in [3.8, 4) is 5.75 Å². The van der Waals surface area contributed by atoms with Gasteiger partial charge in [0.15, 0.2) is 0 Å². The summed E-state index contributed by atoms with van der Waals surface area (Å²) in [4.78, 5) is 0. The summed E-state index contributed by atoms with van der Waals surface area (Å²) in [5, 5.41) is 0. The molecule has 1 aromatic rings. The topological polar surface area (TPSA) is 81.4 Å². The Bertz CT molecular complexity index is 864. The summed E-state index contributed by atoms with van der Waals surface area (Å²) >= 11 is 0. The van der Waals surface area contributed by atoms with E-state index >= 15 is 0 Å². The summed E-state index contributed by atoms with van der Waals surface area (Å²) in [5.41, 5.74) is 9.22. The first-order valence-electron chi connectivity index (χ1n) is 9.62. The molecular formula is C20H30N2O3S. The molecule has 144 valence electrons. The molecule has 0 aromatic heterocycles. The van der Waals surface area contributed by atoms with Crippen molar-refractivity contribution >= 4 is 10.3 Å². The van der Waals surface area contributed by atoms with Crippen molar-refractivity contribution in [2.24, 2.45) is 17.1 Å². The molecule has 3 N–H and O–H groups in total. The van der Waals surface area contributed by atoms with E-state index in [9.17, 15) is 8.42 Å². The predicted octanol–water partition coefficient (Wildman–Crippen LogP) is 3.12. The van der Waals surface area contributed by atoms with Crippen LogP contribution in [0.3, 0.4) is 0 Å². The molecule has 6 heteroatoms. The van der Waals surface area contributed by atoms with Crippen LogP contribution in [-0.4, -0.2) is 15.0 Å². The van der Waals surface area contributed by atoms with Crippen LogP contribution in [0.15, 0.2) is 12.1 Å². The molecule has 5 nitrogen and oxygen atoms in total. The van der Waals surface area contributed by atoms with Crippen LogP contribution in [-0.2, 0) is 27.7 Å². The minimum Gasteiger partial charge on any atom is -0.371 e. The lowest BCUT2D eigenvalue weighted by molar-refractivity contribution is 0.0325. The van der Waals surface area contributed by atoms with Crippen molar-refractivity contribution in [3.63, 3.8) is 0 Å². The van der Waals surface area contributed by atoms with Gasteiger partial charge in [0.05, 0.1) is 5.54 Å². The summed E-state index contributed by atoms with van der Waals surface area (Å²) < 4.78 is 32.3. The Morgan fingerprint density at radius 2 is 1.92 bits per heavy atom. The lowest BCUT2D eigenvalue weighted by Crippen LogP contribution is -2.52. The maximum atomic E-state index is 12.2. The van der Waals surface area contributed by atoms with E-state index in [4.69, 9.17) is 9.92 Å². The van der Waals surface area contributed by atoms with Gasteiger partial charge in [-0.25, -0.2) is 0 Å². The van der Waals surface area contributed by atoms with E-state index in [2.05, 4.69) is 24.6 Å². The third-order valence-corrected chi connectivity index (χ3v) is 8.46. The normalized spacial score (nSPS) is 37.0. The summed E-state index contributed by atoms with van der Waals surface area (Å²) in [6.45, 7) is 9.15.